The molecule has 3 heteroatoms. The Morgan fingerprint density at radius 3 is 1.36 bits per heavy atom. The van der Waals surface area contributed by atoms with Gasteiger partial charge >= 0.3 is 0 Å². The van der Waals surface area contributed by atoms with E-state index >= 15 is 0 Å². The number of hydrogen-bond donors (Lipinski definition) is 1. The van der Waals surface area contributed by atoms with Gasteiger partial charge in [0.25, 0.3) is 0 Å². The highest BCUT2D eigenvalue weighted by atomic mass is 16.5. The van der Waals surface area contributed by atoms with Crippen molar-refractivity contribution in [3.8, 4) is 0 Å². The smallest absolute Gasteiger partial charge is 0.0594 e. The van der Waals surface area contributed by atoms with Gasteiger partial charge in [-0.05, 0) is 46.7 Å². The average Bonchev–Trinajstić information content (AvgIpc) is 2.64. The number of nitrogens with one attached hydrogen (secondary N) is 1. The van der Waals surface area contributed by atoms with E-state index in [1.165, 1.54) is 25.9 Å². The molecule has 0 spiro atoms. The minimum absolute atomic E-state index is 0. The van der Waals surface area contributed by atoms with Crippen LogP contribution < -0.4 is 5.32 Å². The van der Waals surface area contributed by atoms with Gasteiger partial charge in [0.2, 0.25) is 0 Å². The predicted octanol–water partition coefficient (Wildman–Crippen LogP) is 2.00. The molecule has 1 heterocycles. The first kappa shape index (κ1) is 19.5. The maximum Gasteiger partial charge on any atom is 0.0594 e. The van der Waals surface area contributed by atoms with Gasteiger partial charge in [-0.15, -0.1) is 0 Å². The zero-order chi connectivity index (χ0) is 10.7. The van der Waals surface area contributed by atoms with E-state index in [0.717, 1.165) is 0 Å². The minimum atomic E-state index is 0. The van der Waals surface area contributed by atoms with Crippen LogP contribution >= 0.6 is 0 Å². The van der Waals surface area contributed by atoms with Crippen LogP contribution in [0, 0.1) is 0 Å². The second kappa shape index (κ2) is 12.9. The van der Waals surface area contributed by atoms with Crippen molar-refractivity contribution in [1.82, 2.24) is 5.32 Å². The molecule has 1 rings (SSSR count). The third kappa shape index (κ3) is 22.6. The van der Waals surface area contributed by atoms with Crippen molar-refractivity contribution in [3.05, 3.63) is 0 Å². The highest BCUT2D eigenvalue weighted by Gasteiger charge is 2.03. The van der Waals surface area contributed by atoms with Gasteiger partial charge in [-0.2, -0.15) is 0 Å². The molecule has 3 N–H and O–H groups in total. The molecular formula is C11H29NO2. The number of ether oxygens (including phenoxy) is 1. The standard InChI is InChI=1S/C5H12O.C4H9N.C2H6.H2O/c1-5(2,3)6-4;1-2-4-5-3-1;1-2;/h1-4H3;5H,1-4H2;1-2H3;1H2. The molecule has 0 saturated carbocycles. The van der Waals surface area contributed by atoms with Crippen LogP contribution in [0.25, 0.3) is 0 Å². The van der Waals surface area contributed by atoms with E-state index < -0.39 is 0 Å². The van der Waals surface area contributed by atoms with Crippen molar-refractivity contribution in [1.29, 1.82) is 0 Å². The summed E-state index contributed by atoms with van der Waals surface area (Å²) in [5.74, 6) is 0. The molecule has 1 saturated heterocycles. The summed E-state index contributed by atoms with van der Waals surface area (Å²) in [4.78, 5) is 0. The molecule has 1 aliphatic rings. The van der Waals surface area contributed by atoms with Crippen molar-refractivity contribution in [3.63, 3.8) is 0 Å². The molecule has 0 amide bonds. The number of hydrogen-bond acceptors (Lipinski definition) is 2. The first-order valence-corrected chi connectivity index (χ1v) is 5.32. The van der Waals surface area contributed by atoms with Crippen LogP contribution in [-0.4, -0.2) is 31.3 Å². The van der Waals surface area contributed by atoms with Crippen molar-refractivity contribution in [2.24, 2.45) is 0 Å². The second-order valence-electron chi connectivity index (χ2n) is 3.77. The fraction of sp³-hybridized carbons (Fsp3) is 1.00. The van der Waals surface area contributed by atoms with Crippen LogP contribution in [0.15, 0.2) is 0 Å². The Morgan fingerprint density at radius 2 is 1.29 bits per heavy atom. The quantitative estimate of drug-likeness (QED) is 0.660. The first-order chi connectivity index (χ1) is 6.06. The maximum absolute atomic E-state index is 4.94. The van der Waals surface area contributed by atoms with Crippen LogP contribution in [0.3, 0.4) is 0 Å². The Bertz CT molecular complexity index is 78.2. The van der Waals surface area contributed by atoms with E-state index in [1.807, 2.05) is 34.6 Å². The van der Waals surface area contributed by atoms with E-state index in [1.54, 1.807) is 7.11 Å². The molecule has 0 aromatic heterocycles. The molecule has 0 radical (unpaired) electrons. The Kier molecular flexibility index (Phi) is 17.9. The van der Waals surface area contributed by atoms with Crippen LogP contribution in [-0.2, 0) is 4.74 Å². The summed E-state index contributed by atoms with van der Waals surface area (Å²) in [6, 6.07) is 0. The Balaban J connectivity index is -0.000000139. The molecule has 14 heavy (non-hydrogen) atoms. The van der Waals surface area contributed by atoms with Gasteiger partial charge in [0.1, 0.15) is 0 Å². The first-order valence-electron chi connectivity index (χ1n) is 5.32. The third-order valence-corrected chi connectivity index (χ3v) is 1.57. The second-order valence-corrected chi connectivity index (χ2v) is 3.77. The van der Waals surface area contributed by atoms with Gasteiger partial charge < -0.3 is 15.5 Å². The molecule has 3 nitrogen and oxygen atoms in total. The zero-order valence-corrected chi connectivity index (χ0v) is 10.7. The normalized spacial score (nSPS) is 14.1. The van der Waals surface area contributed by atoms with Crippen LogP contribution in [0.4, 0.5) is 0 Å². The van der Waals surface area contributed by atoms with E-state index in [-0.39, 0.29) is 11.1 Å². The summed E-state index contributed by atoms with van der Waals surface area (Å²) >= 11 is 0. The summed E-state index contributed by atoms with van der Waals surface area (Å²) in [5, 5.41) is 3.22. The fourth-order valence-electron chi connectivity index (χ4n) is 0.625. The largest absolute Gasteiger partial charge is 0.412 e. The van der Waals surface area contributed by atoms with Crippen molar-refractivity contribution in [2.75, 3.05) is 20.2 Å². The maximum atomic E-state index is 4.94. The molecule has 0 unspecified atom stereocenters. The summed E-state index contributed by atoms with van der Waals surface area (Å²) in [6.07, 6.45) is 2.78. The summed E-state index contributed by atoms with van der Waals surface area (Å²) in [5.41, 5.74) is 0.0417. The Labute approximate surface area is 89.5 Å². The SMILES string of the molecule is C1CCNC1.CC.COC(C)(C)C.O. The van der Waals surface area contributed by atoms with Gasteiger partial charge in [0.05, 0.1) is 5.60 Å². The summed E-state index contributed by atoms with van der Waals surface area (Å²) in [7, 11) is 1.71. The Morgan fingerprint density at radius 1 is 1.00 bits per heavy atom. The van der Waals surface area contributed by atoms with Gasteiger partial charge in [-0.25, -0.2) is 0 Å². The van der Waals surface area contributed by atoms with Crippen molar-refractivity contribution >= 4 is 0 Å². The molecule has 0 bridgehead atoms. The molecule has 90 valence electrons. The van der Waals surface area contributed by atoms with Gasteiger partial charge in [-0.1, -0.05) is 13.8 Å². The van der Waals surface area contributed by atoms with Gasteiger partial charge in [0, 0.05) is 7.11 Å². The molecule has 0 atom stereocenters. The highest BCUT2D eigenvalue weighted by Crippen LogP contribution is 2.02. The minimum Gasteiger partial charge on any atom is -0.412 e. The number of methoxy groups -OCH3 is 1. The molecule has 0 aromatic rings. The van der Waals surface area contributed by atoms with E-state index in [9.17, 15) is 0 Å². The molecule has 1 aliphatic heterocycles. The van der Waals surface area contributed by atoms with Gasteiger partial charge in [0.15, 0.2) is 0 Å². The van der Waals surface area contributed by atoms with Crippen LogP contribution in [0.1, 0.15) is 47.5 Å². The average molecular weight is 207 g/mol. The Hall–Kier alpha value is -0.120. The lowest BCUT2D eigenvalue weighted by molar-refractivity contribution is 0.0397. The van der Waals surface area contributed by atoms with Crippen molar-refractivity contribution in [2.45, 2.75) is 53.1 Å². The third-order valence-electron chi connectivity index (χ3n) is 1.57. The van der Waals surface area contributed by atoms with E-state index in [4.69, 9.17) is 4.74 Å². The molecule has 0 aromatic carbocycles. The van der Waals surface area contributed by atoms with E-state index in [2.05, 4.69) is 5.32 Å². The zero-order valence-electron chi connectivity index (χ0n) is 10.7. The lowest BCUT2D eigenvalue weighted by atomic mass is 10.2. The topological polar surface area (TPSA) is 52.8 Å². The summed E-state index contributed by atoms with van der Waals surface area (Å²) in [6.45, 7) is 12.6. The fourth-order valence-corrected chi connectivity index (χ4v) is 0.625. The van der Waals surface area contributed by atoms with Crippen LogP contribution in [0.5, 0.6) is 0 Å². The molecular weight excluding hydrogens is 178 g/mol. The van der Waals surface area contributed by atoms with Crippen molar-refractivity contribution < 1.29 is 10.2 Å². The molecule has 0 aliphatic carbocycles. The lowest BCUT2D eigenvalue weighted by Crippen LogP contribution is -2.15. The lowest BCUT2D eigenvalue weighted by Gasteiger charge is -2.14. The monoisotopic (exact) mass is 207 g/mol. The number of rotatable bonds is 0. The molecule has 1 fully saturated rings. The predicted molar refractivity (Wildman–Crippen MR) is 63.8 cm³/mol. The van der Waals surface area contributed by atoms with E-state index in [0.29, 0.717) is 0 Å². The summed E-state index contributed by atoms with van der Waals surface area (Å²) < 4.78 is 4.94. The van der Waals surface area contributed by atoms with Gasteiger partial charge in [-0.3, -0.25) is 0 Å². The van der Waals surface area contributed by atoms with Crippen LogP contribution in [0.2, 0.25) is 0 Å². The highest BCUT2D eigenvalue weighted by molar-refractivity contribution is 4.55.